The number of nitrogens with zero attached hydrogens (tertiary/aromatic N) is 4. The molecular weight excluding hydrogens is 332 g/mol. The zero-order valence-electron chi connectivity index (χ0n) is 14.7. The average Bonchev–Trinajstić information content (AvgIpc) is 3.20. The highest BCUT2D eigenvalue weighted by molar-refractivity contribution is 6.03. The molecule has 2 heterocycles. The highest BCUT2D eigenvalue weighted by atomic mass is 15.5. The summed E-state index contributed by atoms with van der Waals surface area (Å²) in [6, 6.07) is 27.0. The Morgan fingerprint density at radius 2 is 1.48 bits per heavy atom. The molecule has 0 aliphatic carbocycles. The lowest BCUT2D eigenvalue weighted by atomic mass is 9.97. The number of benzene rings is 3. The van der Waals surface area contributed by atoms with Gasteiger partial charge in [-0.15, -0.1) is 0 Å². The van der Waals surface area contributed by atoms with E-state index in [4.69, 9.17) is 5.10 Å². The first-order valence-electron chi connectivity index (χ1n) is 9.07. The van der Waals surface area contributed by atoms with Crippen molar-refractivity contribution in [2.24, 2.45) is 5.10 Å². The first-order valence-corrected chi connectivity index (χ1v) is 9.07. The maximum Gasteiger partial charge on any atom is 0.0940 e. The average molecular weight is 350 g/mol. The van der Waals surface area contributed by atoms with E-state index in [1.807, 2.05) is 30.3 Å². The second kappa shape index (κ2) is 6.65. The van der Waals surface area contributed by atoms with Gasteiger partial charge >= 0.3 is 0 Å². The molecule has 1 atom stereocenters. The molecule has 4 nitrogen and oxygen atoms in total. The molecule has 0 fully saturated rings. The Morgan fingerprint density at radius 3 is 2.30 bits per heavy atom. The fraction of sp³-hybridized carbons (Fsp3) is 0.0870. The normalized spacial score (nSPS) is 16.5. The molecule has 27 heavy (non-hydrogen) atoms. The fourth-order valence-electron chi connectivity index (χ4n) is 3.66. The van der Waals surface area contributed by atoms with Crippen LogP contribution in [0.15, 0.2) is 96.4 Å². The minimum absolute atomic E-state index is 0.0861. The van der Waals surface area contributed by atoms with Crippen molar-refractivity contribution in [2.45, 2.75) is 12.5 Å². The maximum absolute atomic E-state index is 4.99. The van der Waals surface area contributed by atoms with E-state index in [-0.39, 0.29) is 6.04 Å². The summed E-state index contributed by atoms with van der Waals surface area (Å²) in [5.41, 5.74) is 6.33. The molecule has 1 unspecified atom stereocenters. The highest BCUT2D eigenvalue weighted by Gasteiger charge is 2.31. The van der Waals surface area contributed by atoms with Crippen LogP contribution in [0.2, 0.25) is 0 Å². The molecule has 0 bridgehead atoms. The van der Waals surface area contributed by atoms with Gasteiger partial charge in [0.2, 0.25) is 0 Å². The van der Waals surface area contributed by atoms with Gasteiger partial charge in [-0.2, -0.15) is 5.10 Å². The molecular formula is C23H18N4. The minimum atomic E-state index is 0.0861. The predicted molar refractivity (Wildman–Crippen MR) is 109 cm³/mol. The lowest BCUT2D eigenvalue weighted by molar-refractivity contribution is 0.712. The molecule has 0 radical (unpaired) electrons. The van der Waals surface area contributed by atoms with E-state index in [0.29, 0.717) is 0 Å². The number of hydrogen-bond acceptors (Lipinski definition) is 4. The van der Waals surface area contributed by atoms with Gasteiger partial charge in [0.05, 0.1) is 28.5 Å². The van der Waals surface area contributed by atoms with Crippen molar-refractivity contribution < 1.29 is 0 Å². The van der Waals surface area contributed by atoms with Gasteiger partial charge in [-0.3, -0.25) is 15.0 Å². The van der Waals surface area contributed by atoms with Gasteiger partial charge in [0.25, 0.3) is 0 Å². The zero-order chi connectivity index (χ0) is 18.1. The molecule has 0 amide bonds. The molecule has 0 N–H and O–H groups in total. The lowest BCUT2D eigenvalue weighted by Crippen LogP contribution is -2.19. The van der Waals surface area contributed by atoms with Crippen LogP contribution in [0.1, 0.15) is 23.6 Å². The third kappa shape index (κ3) is 2.85. The largest absolute Gasteiger partial charge is 0.257 e. The number of fused-ring (bicyclic) bond motifs is 1. The van der Waals surface area contributed by atoms with Crippen molar-refractivity contribution in [3.05, 3.63) is 102 Å². The predicted octanol–water partition coefficient (Wildman–Crippen LogP) is 4.99. The highest BCUT2D eigenvalue weighted by Crippen LogP contribution is 2.38. The van der Waals surface area contributed by atoms with Gasteiger partial charge in [-0.25, -0.2) is 0 Å². The summed E-state index contributed by atoms with van der Waals surface area (Å²) in [5, 5.41) is 7.11. The number of anilines is 1. The summed E-state index contributed by atoms with van der Waals surface area (Å²) in [6.45, 7) is 0. The molecule has 4 aromatic rings. The Kier molecular flexibility index (Phi) is 3.87. The van der Waals surface area contributed by atoms with E-state index >= 15 is 0 Å². The third-order valence-electron chi connectivity index (χ3n) is 4.93. The van der Waals surface area contributed by atoms with Crippen LogP contribution < -0.4 is 5.01 Å². The Labute approximate surface area is 157 Å². The van der Waals surface area contributed by atoms with Crippen LogP contribution in [0.4, 0.5) is 5.69 Å². The van der Waals surface area contributed by atoms with Gasteiger partial charge in [0.1, 0.15) is 0 Å². The van der Waals surface area contributed by atoms with Crippen LogP contribution in [0.3, 0.4) is 0 Å². The van der Waals surface area contributed by atoms with Gasteiger partial charge in [-0.05, 0) is 23.8 Å². The van der Waals surface area contributed by atoms with Crippen molar-refractivity contribution in [1.29, 1.82) is 0 Å². The molecule has 3 aromatic carbocycles. The summed E-state index contributed by atoms with van der Waals surface area (Å²) >= 11 is 0. The van der Waals surface area contributed by atoms with E-state index in [2.05, 4.69) is 63.5 Å². The molecule has 4 heteroatoms. The van der Waals surface area contributed by atoms with Gasteiger partial charge < -0.3 is 0 Å². The van der Waals surface area contributed by atoms with E-state index in [9.17, 15) is 0 Å². The summed E-state index contributed by atoms with van der Waals surface area (Å²) in [5.74, 6) is 0. The molecule has 0 spiro atoms. The van der Waals surface area contributed by atoms with Crippen molar-refractivity contribution in [2.75, 3.05) is 5.01 Å². The van der Waals surface area contributed by atoms with Crippen LogP contribution >= 0.6 is 0 Å². The molecule has 1 aliphatic heterocycles. The minimum Gasteiger partial charge on any atom is -0.257 e. The van der Waals surface area contributed by atoms with E-state index < -0.39 is 0 Å². The van der Waals surface area contributed by atoms with Crippen LogP contribution in [0, 0.1) is 0 Å². The number of para-hydroxylation sites is 2. The van der Waals surface area contributed by atoms with Crippen LogP contribution in [-0.4, -0.2) is 15.7 Å². The number of rotatable bonds is 3. The number of hydrazone groups is 1. The first-order chi connectivity index (χ1) is 13.4. The van der Waals surface area contributed by atoms with Gasteiger partial charge in [-0.1, -0.05) is 60.7 Å². The fourth-order valence-corrected chi connectivity index (χ4v) is 3.66. The van der Waals surface area contributed by atoms with E-state index in [0.717, 1.165) is 40.0 Å². The Bertz CT molecular complexity index is 1100. The third-order valence-corrected chi connectivity index (χ3v) is 4.93. The summed E-state index contributed by atoms with van der Waals surface area (Å²) in [4.78, 5) is 9.08. The molecule has 0 saturated heterocycles. The summed E-state index contributed by atoms with van der Waals surface area (Å²) in [7, 11) is 0. The Balaban J connectivity index is 1.64. The van der Waals surface area contributed by atoms with Gasteiger partial charge in [0, 0.05) is 24.4 Å². The SMILES string of the molecule is c1ccc(C2=NN(c3ccccc3)C(c3cccc4nccnc34)C2)cc1. The molecule has 5 rings (SSSR count). The van der Waals surface area contributed by atoms with Crippen LogP contribution in [-0.2, 0) is 0 Å². The maximum atomic E-state index is 4.99. The molecule has 1 aliphatic rings. The molecule has 130 valence electrons. The summed E-state index contributed by atoms with van der Waals surface area (Å²) < 4.78 is 0. The number of aromatic nitrogens is 2. The second-order valence-electron chi connectivity index (χ2n) is 6.58. The zero-order valence-corrected chi connectivity index (χ0v) is 14.7. The standard InChI is InChI=1S/C23H18N4/c1-3-8-17(9-4-1)21-16-22(27(26-21)18-10-5-2-6-11-18)19-12-7-13-20-23(19)25-15-14-24-20/h1-15,22H,16H2. The van der Waals surface area contributed by atoms with E-state index in [1.165, 1.54) is 0 Å². The lowest BCUT2D eigenvalue weighted by Gasteiger charge is -2.24. The molecule has 1 aromatic heterocycles. The quantitative estimate of drug-likeness (QED) is 0.523. The van der Waals surface area contributed by atoms with Crippen molar-refractivity contribution >= 4 is 22.4 Å². The van der Waals surface area contributed by atoms with Crippen molar-refractivity contribution in [1.82, 2.24) is 9.97 Å². The smallest absolute Gasteiger partial charge is 0.0940 e. The first kappa shape index (κ1) is 15.7. The van der Waals surface area contributed by atoms with Gasteiger partial charge in [0.15, 0.2) is 0 Å². The van der Waals surface area contributed by atoms with Crippen LogP contribution in [0.5, 0.6) is 0 Å². The van der Waals surface area contributed by atoms with E-state index in [1.54, 1.807) is 12.4 Å². The number of hydrogen-bond donors (Lipinski definition) is 0. The van der Waals surface area contributed by atoms with Crippen LogP contribution in [0.25, 0.3) is 11.0 Å². The molecule has 0 saturated carbocycles. The monoisotopic (exact) mass is 350 g/mol. The second-order valence-corrected chi connectivity index (χ2v) is 6.58. The van der Waals surface area contributed by atoms with Crippen molar-refractivity contribution in [3.8, 4) is 0 Å². The Morgan fingerprint density at radius 1 is 0.741 bits per heavy atom. The topological polar surface area (TPSA) is 41.4 Å². The summed E-state index contributed by atoms with van der Waals surface area (Å²) in [6.07, 6.45) is 4.32. The van der Waals surface area contributed by atoms with Crippen molar-refractivity contribution in [3.63, 3.8) is 0 Å². The Hall–Kier alpha value is -3.53.